The van der Waals surface area contributed by atoms with Gasteiger partial charge in [0.1, 0.15) is 171 Å². The number of ether oxygens (including phenoxy) is 13. The van der Waals surface area contributed by atoms with Gasteiger partial charge < -0.3 is 179 Å². The third-order valence-electron chi connectivity index (χ3n) is 15.0. The first-order valence-electron chi connectivity index (χ1n) is 25.8. The van der Waals surface area contributed by atoms with E-state index in [1.165, 1.54) is 0 Å². The van der Waals surface area contributed by atoms with Gasteiger partial charge >= 0.3 is 7.82 Å². The number of hydrogen-bond acceptors (Lipinski definition) is 38. The van der Waals surface area contributed by atoms with Crippen LogP contribution in [0.5, 0.6) is 0 Å². The second kappa shape index (κ2) is 29.6. The summed E-state index contributed by atoms with van der Waals surface area (Å²) in [6.07, 6.45) is -71.1. The van der Waals surface area contributed by atoms with E-state index in [9.17, 15) is 122 Å². The lowest BCUT2D eigenvalue weighted by molar-refractivity contribution is -0.395. The normalized spacial score (nSPS) is 51.8. The third-order valence-corrected chi connectivity index (χ3v) is 15.9. The summed E-state index contributed by atoms with van der Waals surface area (Å²) < 4.78 is 95.1. The zero-order valence-corrected chi connectivity index (χ0v) is 44.3. The highest BCUT2D eigenvalue weighted by Crippen LogP contribution is 2.48. The molecule has 1 unspecified atom stereocenters. The van der Waals surface area contributed by atoms with Gasteiger partial charge in [-0.05, 0) is 0 Å². The molecular formula is C43H75O39P. The summed E-state index contributed by atoms with van der Waals surface area (Å²) in [5.41, 5.74) is 0. The second-order valence-electron chi connectivity index (χ2n) is 20.4. The van der Waals surface area contributed by atoms with E-state index in [2.05, 4.69) is 0 Å². The van der Waals surface area contributed by atoms with Crippen LogP contribution >= 0.6 is 7.82 Å². The molecule has 36 atom stereocenters. The van der Waals surface area contributed by atoms with Gasteiger partial charge in [-0.15, -0.1) is 0 Å². The van der Waals surface area contributed by atoms with Crippen molar-refractivity contribution in [3.63, 3.8) is 0 Å². The van der Waals surface area contributed by atoms with Gasteiger partial charge in [0.25, 0.3) is 0 Å². The van der Waals surface area contributed by atoms with Crippen molar-refractivity contribution in [1.29, 1.82) is 0 Å². The van der Waals surface area contributed by atoms with Crippen molar-refractivity contribution in [2.45, 2.75) is 215 Å². The lowest BCUT2D eigenvalue weighted by Gasteiger charge is -2.49. The SMILES string of the molecule is CO[C@H]1O[C@H](CO)[C@@H](O[C@@H]2O[C@H](COP(=O)(O)O[C@H]3O[C@H](CO)[C@@H](O[C@@H]4O[C@H](CO)[C@H](O)[C@H](O)[C@H]4O)[C@H](O)[C@@H]3O)[C@H](O)[C@H](O[C@@H]3O[C@H](CO)[C@H](O)[C@H](O[C@@H]4O[C@H](CO)[C@H](O)[C@H](O[C@@H]5O[C@H](CO)[C@H](O)[C@H](O)[C@H]5O)[C@H]4O)[C@H]3O)[C@H]2O)[C@H](O)[C@@H]1O. The zero-order chi connectivity index (χ0) is 61.3. The Labute approximate surface area is 468 Å². The minimum absolute atomic E-state index is 0.897. The number of rotatable bonds is 22. The Morgan fingerprint density at radius 1 is 0.301 bits per heavy atom. The van der Waals surface area contributed by atoms with Crippen LogP contribution in [-0.4, -0.2) is 386 Å². The van der Waals surface area contributed by atoms with Crippen LogP contribution in [-0.2, 0) is 75.2 Å². The Morgan fingerprint density at radius 2 is 0.566 bits per heavy atom. The molecule has 0 bridgehead atoms. The van der Waals surface area contributed by atoms with Crippen molar-refractivity contribution in [3.8, 4) is 0 Å². The number of phosphoric acid groups is 1. The Morgan fingerprint density at radius 3 is 0.916 bits per heavy atom. The fourth-order valence-corrected chi connectivity index (χ4v) is 11.0. The minimum atomic E-state index is -5.72. The molecule has 7 saturated heterocycles. The fourth-order valence-electron chi connectivity index (χ4n) is 10.2. The van der Waals surface area contributed by atoms with Crippen LogP contribution in [0.4, 0.5) is 0 Å². The van der Waals surface area contributed by atoms with Crippen molar-refractivity contribution < 1.29 is 192 Å². The van der Waals surface area contributed by atoms with Crippen LogP contribution in [0.1, 0.15) is 0 Å². The third kappa shape index (κ3) is 14.8. The van der Waals surface area contributed by atoms with E-state index in [4.69, 9.17) is 70.6 Å². The van der Waals surface area contributed by atoms with E-state index in [0.29, 0.717) is 0 Å². The summed E-state index contributed by atoms with van der Waals surface area (Å²) in [7, 11) is -4.64. The van der Waals surface area contributed by atoms with E-state index in [1.807, 2.05) is 0 Å². The quantitative estimate of drug-likeness (QED) is 0.0448. The van der Waals surface area contributed by atoms with Gasteiger partial charge in [-0.2, -0.15) is 0 Å². The molecule has 40 heteroatoms. The van der Waals surface area contributed by atoms with Crippen molar-refractivity contribution in [3.05, 3.63) is 0 Å². The van der Waals surface area contributed by atoms with Crippen molar-refractivity contribution in [2.75, 3.05) is 53.4 Å². The summed E-state index contributed by atoms with van der Waals surface area (Å²) in [6.45, 7) is -7.45. The molecule has 23 N–H and O–H groups in total. The molecular weight excluding hydrogens is 1170 g/mol. The predicted octanol–water partition coefficient (Wildman–Crippen LogP) is -15.5. The van der Waals surface area contributed by atoms with Crippen LogP contribution in [0.3, 0.4) is 0 Å². The molecule has 7 aliphatic rings. The predicted molar refractivity (Wildman–Crippen MR) is 247 cm³/mol. The number of aliphatic hydroxyl groups excluding tert-OH is 22. The first-order chi connectivity index (χ1) is 39.2. The first-order valence-corrected chi connectivity index (χ1v) is 27.3. The molecule has 0 aromatic heterocycles. The molecule has 0 spiro atoms. The average molecular weight is 1250 g/mol. The molecule has 0 aromatic carbocycles. The fraction of sp³-hybridized carbons (Fsp3) is 1.00. The highest BCUT2D eigenvalue weighted by atomic mass is 31.2. The summed E-state index contributed by atoms with van der Waals surface area (Å²) in [5, 5.41) is 235. The van der Waals surface area contributed by atoms with Crippen LogP contribution in [0.2, 0.25) is 0 Å². The number of aliphatic hydroxyl groups is 22. The number of phosphoric ester groups is 1. The molecule has 7 fully saturated rings. The summed E-state index contributed by atoms with van der Waals surface area (Å²) in [6, 6.07) is 0. The van der Waals surface area contributed by atoms with Crippen molar-refractivity contribution in [1.82, 2.24) is 0 Å². The molecule has 0 aliphatic carbocycles. The number of hydrogen-bond donors (Lipinski definition) is 23. The summed E-state index contributed by atoms with van der Waals surface area (Å²) in [4.78, 5) is 10.9. The van der Waals surface area contributed by atoms with E-state index in [-0.39, 0.29) is 0 Å². The monoisotopic (exact) mass is 1250 g/mol. The molecule has 7 aliphatic heterocycles. The van der Waals surface area contributed by atoms with Gasteiger partial charge in [-0.25, -0.2) is 4.57 Å². The first kappa shape index (κ1) is 69.2. The topological polar surface area (TPSA) is 621 Å². The van der Waals surface area contributed by atoms with Gasteiger partial charge in [0.2, 0.25) is 0 Å². The lowest BCUT2D eigenvalue weighted by atomic mass is 9.95. The minimum Gasteiger partial charge on any atom is -0.394 e. The smallest absolute Gasteiger partial charge is 0.394 e. The zero-order valence-electron chi connectivity index (χ0n) is 43.4. The van der Waals surface area contributed by atoms with E-state index < -0.39 is 269 Å². The Hall–Kier alpha value is -1.29. The molecule has 0 aromatic rings. The average Bonchev–Trinajstić information content (AvgIpc) is 3.66. The highest BCUT2D eigenvalue weighted by molar-refractivity contribution is 7.47. The molecule has 486 valence electrons. The number of methoxy groups -OCH3 is 1. The van der Waals surface area contributed by atoms with Crippen molar-refractivity contribution in [2.24, 2.45) is 0 Å². The Kier molecular flexibility index (Phi) is 24.6. The molecule has 0 amide bonds. The van der Waals surface area contributed by atoms with E-state index in [0.717, 1.165) is 7.11 Å². The summed E-state index contributed by atoms with van der Waals surface area (Å²) in [5.74, 6) is 0. The molecule has 83 heavy (non-hydrogen) atoms. The molecule has 7 rings (SSSR count). The van der Waals surface area contributed by atoms with Crippen LogP contribution in [0.25, 0.3) is 0 Å². The second-order valence-corrected chi connectivity index (χ2v) is 21.8. The highest BCUT2D eigenvalue weighted by Gasteiger charge is 2.58. The van der Waals surface area contributed by atoms with Gasteiger partial charge in [0, 0.05) is 7.11 Å². The van der Waals surface area contributed by atoms with Crippen LogP contribution in [0, 0.1) is 0 Å². The largest absolute Gasteiger partial charge is 0.474 e. The van der Waals surface area contributed by atoms with E-state index >= 15 is 0 Å². The van der Waals surface area contributed by atoms with Crippen molar-refractivity contribution >= 4 is 7.82 Å². The maximum Gasteiger partial charge on any atom is 0.474 e. The standard InChI is InChI=1S/C43H75O39P/c1-68-37-27(61)23(57)32(13(6-48)74-37)78-42-31(65)36(20(54)15(76-42)8-69-83(66,67)82-43-28(62)24(58)33(14(7-49)75-43)77-38-25(59)21(55)16(50)9(2-44)70-38)81-41-30(64)35(19(53)12(5-47)73-41)80-40-29(63)34(18(52)11(4-46)72-40)79-39-26(60)22(56)17(51)10(3-45)71-39/h9-65H,2-8H2,1H3,(H,66,67)/t9-,10-,11-,12-,13-,14-,15-,16+,17+,18+,19+,20+,21+,22+,23-,24-,25-,26-,27+,28+,29-,30-,31-,32-,33-,34+,35+,36+,37+,38+,39+,40+,41+,42+,43-/m1/s1. The van der Waals surface area contributed by atoms with Crippen LogP contribution in [0.15, 0.2) is 0 Å². The Balaban J connectivity index is 1.09. The van der Waals surface area contributed by atoms with E-state index in [1.54, 1.807) is 0 Å². The maximum absolute atomic E-state index is 13.6. The van der Waals surface area contributed by atoms with Crippen LogP contribution < -0.4 is 0 Å². The Bertz CT molecular complexity index is 2020. The van der Waals surface area contributed by atoms with Gasteiger partial charge in [0.05, 0.1) is 46.2 Å². The molecule has 7 heterocycles. The van der Waals surface area contributed by atoms with Gasteiger partial charge in [-0.1, -0.05) is 0 Å². The summed E-state index contributed by atoms with van der Waals surface area (Å²) >= 11 is 0. The molecule has 0 saturated carbocycles. The molecule has 0 radical (unpaired) electrons. The lowest BCUT2D eigenvalue weighted by Crippen LogP contribution is -2.68. The molecule has 39 nitrogen and oxygen atoms in total. The maximum atomic E-state index is 13.6. The van der Waals surface area contributed by atoms with Gasteiger partial charge in [0.15, 0.2) is 44.0 Å². The van der Waals surface area contributed by atoms with Gasteiger partial charge in [-0.3, -0.25) is 9.05 Å².